The zero-order valence-electron chi connectivity index (χ0n) is 16.1. The number of nitrogens with one attached hydrogen (secondary N) is 1. The Balaban J connectivity index is 1.58. The zero-order valence-corrected chi connectivity index (χ0v) is 16.1. The maximum Gasteiger partial charge on any atom is 0.317 e. The average molecular weight is 380 g/mol. The van der Waals surface area contributed by atoms with Crippen molar-refractivity contribution < 1.29 is 14.7 Å². The third-order valence-corrected chi connectivity index (χ3v) is 5.40. The van der Waals surface area contributed by atoms with E-state index >= 15 is 0 Å². The van der Waals surface area contributed by atoms with Crippen LogP contribution in [0.5, 0.6) is 0 Å². The Labute approximate surface area is 166 Å². The van der Waals surface area contributed by atoms with Crippen molar-refractivity contribution in [2.75, 3.05) is 13.1 Å². The number of aliphatic carboxylic acids is 1. The Morgan fingerprint density at radius 3 is 1.96 bits per heavy atom. The van der Waals surface area contributed by atoms with Gasteiger partial charge in [0.2, 0.25) is 0 Å². The second-order valence-corrected chi connectivity index (χ2v) is 7.46. The first-order chi connectivity index (χ1) is 13.6. The lowest BCUT2D eigenvalue weighted by atomic mass is 9.99. The van der Waals surface area contributed by atoms with Gasteiger partial charge in [-0.1, -0.05) is 60.7 Å². The summed E-state index contributed by atoms with van der Waals surface area (Å²) in [7, 11) is 0. The number of benzene rings is 2. The highest BCUT2D eigenvalue weighted by molar-refractivity contribution is 5.77. The molecule has 1 heterocycles. The van der Waals surface area contributed by atoms with Gasteiger partial charge in [-0.15, -0.1) is 0 Å². The average Bonchev–Trinajstić information content (AvgIpc) is 3.22. The van der Waals surface area contributed by atoms with E-state index in [0.29, 0.717) is 19.5 Å². The molecule has 0 spiro atoms. The molecule has 2 amide bonds. The number of nitrogens with zero attached hydrogens (tertiary/aromatic N) is 1. The van der Waals surface area contributed by atoms with Crippen LogP contribution in [0.4, 0.5) is 4.79 Å². The van der Waals surface area contributed by atoms with E-state index in [1.165, 1.54) is 11.1 Å². The van der Waals surface area contributed by atoms with Crippen LogP contribution in [0.1, 0.15) is 30.4 Å². The second-order valence-electron chi connectivity index (χ2n) is 7.46. The fraction of sp³-hybridized carbons (Fsp3) is 0.391. The molecule has 0 saturated carbocycles. The van der Waals surface area contributed by atoms with E-state index in [2.05, 4.69) is 29.6 Å². The Morgan fingerprint density at radius 1 is 0.964 bits per heavy atom. The number of rotatable bonds is 8. The lowest BCUT2D eigenvalue weighted by molar-refractivity contribution is -0.141. The quantitative estimate of drug-likeness (QED) is 0.733. The highest BCUT2D eigenvalue weighted by atomic mass is 16.4. The van der Waals surface area contributed by atoms with Crippen molar-refractivity contribution in [2.45, 2.75) is 38.1 Å². The molecule has 0 aliphatic carbocycles. The maximum atomic E-state index is 12.7. The molecule has 0 aromatic heterocycles. The molecule has 1 atom stereocenters. The van der Waals surface area contributed by atoms with Crippen LogP contribution in [0.2, 0.25) is 0 Å². The predicted octanol–water partition coefficient (Wildman–Crippen LogP) is 3.74. The van der Waals surface area contributed by atoms with Gasteiger partial charge in [0.1, 0.15) is 0 Å². The van der Waals surface area contributed by atoms with Crippen LogP contribution in [0.15, 0.2) is 60.7 Å². The van der Waals surface area contributed by atoms with Crippen molar-refractivity contribution in [3.05, 3.63) is 71.8 Å². The van der Waals surface area contributed by atoms with Crippen LogP contribution >= 0.6 is 0 Å². The fourth-order valence-corrected chi connectivity index (χ4v) is 3.67. The van der Waals surface area contributed by atoms with Crippen LogP contribution in [-0.4, -0.2) is 41.1 Å². The molecule has 28 heavy (non-hydrogen) atoms. The molecule has 0 radical (unpaired) electrons. The Hall–Kier alpha value is -2.82. The third-order valence-electron chi connectivity index (χ3n) is 5.40. The normalized spacial score (nSPS) is 16.3. The van der Waals surface area contributed by atoms with Crippen molar-refractivity contribution in [1.82, 2.24) is 10.2 Å². The number of hydrogen-bond acceptors (Lipinski definition) is 2. The number of urea groups is 1. The minimum absolute atomic E-state index is 0.0526. The molecule has 2 aromatic carbocycles. The summed E-state index contributed by atoms with van der Waals surface area (Å²) >= 11 is 0. The van der Waals surface area contributed by atoms with Gasteiger partial charge in [-0.05, 0) is 43.2 Å². The summed E-state index contributed by atoms with van der Waals surface area (Å²) in [6.45, 7) is 0.804. The van der Waals surface area contributed by atoms with Gasteiger partial charge >= 0.3 is 12.0 Å². The summed E-state index contributed by atoms with van der Waals surface area (Å²) in [6, 6.07) is 20.5. The minimum Gasteiger partial charge on any atom is -0.481 e. The molecule has 2 aromatic rings. The number of carbonyl (C=O) groups is 2. The minimum atomic E-state index is -0.819. The van der Waals surface area contributed by atoms with E-state index in [0.717, 1.165) is 25.7 Å². The number of carbonyl (C=O) groups excluding carboxylic acids is 1. The first-order valence-corrected chi connectivity index (χ1v) is 9.98. The zero-order chi connectivity index (χ0) is 19.8. The van der Waals surface area contributed by atoms with Crippen LogP contribution in [0.3, 0.4) is 0 Å². The molecule has 148 valence electrons. The number of hydrogen-bond donors (Lipinski definition) is 2. The molecule has 0 bridgehead atoms. The van der Waals surface area contributed by atoms with E-state index in [1.54, 1.807) is 4.90 Å². The summed E-state index contributed by atoms with van der Waals surface area (Å²) in [6.07, 6.45) is 4.05. The SMILES string of the molecule is O=C(O)C1CCN(C(=O)NC(CCc2ccccc2)CCc2ccccc2)C1. The van der Waals surface area contributed by atoms with Crippen molar-refractivity contribution in [2.24, 2.45) is 5.92 Å². The lowest BCUT2D eigenvalue weighted by Crippen LogP contribution is -2.44. The Bertz CT molecular complexity index is 720. The van der Waals surface area contributed by atoms with E-state index in [9.17, 15) is 9.59 Å². The molecule has 1 aliphatic rings. The van der Waals surface area contributed by atoms with Crippen molar-refractivity contribution in [3.8, 4) is 0 Å². The number of likely N-dealkylation sites (tertiary alicyclic amines) is 1. The number of carboxylic acid groups (broad SMARTS) is 1. The van der Waals surface area contributed by atoms with Crippen molar-refractivity contribution >= 4 is 12.0 Å². The predicted molar refractivity (Wildman–Crippen MR) is 109 cm³/mol. The topological polar surface area (TPSA) is 69.6 Å². The van der Waals surface area contributed by atoms with Gasteiger partial charge < -0.3 is 15.3 Å². The Morgan fingerprint density at radius 2 is 1.50 bits per heavy atom. The molecule has 5 nitrogen and oxygen atoms in total. The van der Waals surface area contributed by atoms with Gasteiger partial charge in [0, 0.05) is 19.1 Å². The Kier molecular flexibility index (Phi) is 7.06. The van der Waals surface area contributed by atoms with E-state index < -0.39 is 11.9 Å². The summed E-state index contributed by atoms with van der Waals surface area (Å²) in [4.78, 5) is 25.5. The van der Waals surface area contributed by atoms with Gasteiger partial charge in [0.25, 0.3) is 0 Å². The highest BCUT2D eigenvalue weighted by Crippen LogP contribution is 2.17. The molecule has 5 heteroatoms. The van der Waals surface area contributed by atoms with Gasteiger partial charge in [0.05, 0.1) is 5.92 Å². The van der Waals surface area contributed by atoms with E-state index in [1.807, 2.05) is 36.4 Å². The number of aryl methyl sites for hydroxylation is 2. The molecule has 1 unspecified atom stereocenters. The highest BCUT2D eigenvalue weighted by Gasteiger charge is 2.31. The van der Waals surface area contributed by atoms with Crippen LogP contribution in [-0.2, 0) is 17.6 Å². The molecular weight excluding hydrogens is 352 g/mol. The van der Waals surface area contributed by atoms with Crippen molar-refractivity contribution in [3.63, 3.8) is 0 Å². The van der Waals surface area contributed by atoms with Crippen molar-refractivity contribution in [1.29, 1.82) is 0 Å². The maximum absolute atomic E-state index is 12.7. The lowest BCUT2D eigenvalue weighted by Gasteiger charge is -2.23. The fourth-order valence-electron chi connectivity index (χ4n) is 3.67. The summed E-state index contributed by atoms with van der Waals surface area (Å²) in [5, 5.41) is 12.3. The largest absolute Gasteiger partial charge is 0.481 e. The summed E-state index contributed by atoms with van der Waals surface area (Å²) in [5.41, 5.74) is 2.52. The van der Waals surface area contributed by atoms with Gasteiger partial charge in [-0.3, -0.25) is 4.79 Å². The third kappa shape index (κ3) is 5.84. The standard InChI is InChI=1S/C23H28N2O3/c26-22(27)20-15-16-25(17-20)23(28)24-21(13-11-18-7-3-1-4-8-18)14-12-19-9-5-2-6-10-19/h1-10,20-21H,11-17H2,(H,24,28)(H,26,27). The second kappa shape index (κ2) is 9.93. The summed E-state index contributed by atoms with van der Waals surface area (Å²) < 4.78 is 0. The molecule has 2 N–H and O–H groups in total. The smallest absolute Gasteiger partial charge is 0.317 e. The number of carboxylic acids is 1. The van der Waals surface area contributed by atoms with Crippen LogP contribution in [0.25, 0.3) is 0 Å². The molecule has 1 aliphatic heterocycles. The molecule has 1 fully saturated rings. The first kappa shape index (κ1) is 19.9. The summed E-state index contributed by atoms with van der Waals surface area (Å²) in [5.74, 6) is -1.27. The van der Waals surface area contributed by atoms with E-state index in [-0.39, 0.29) is 12.1 Å². The first-order valence-electron chi connectivity index (χ1n) is 9.98. The molecular formula is C23H28N2O3. The molecule has 1 saturated heterocycles. The van der Waals surface area contributed by atoms with E-state index in [4.69, 9.17) is 5.11 Å². The van der Waals surface area contributed by atoms with Gasteiger partial charge in [-0.2, -0.15) is 0 Å². The van der Waals surface area contributed by atoms with Gasteiger partial charge in [-0.25, -0.2) is 4.79 Å². The van der Waals surface area contributed by atoms with Crippen LogP contribution < -0.4 is 5.32 Å². The van der Waals surface area contributed by atoms with Gasteiger partial charge in [0.15, 0.2) is 0 Å². The van der Waals surface area contributed by atoms with Crippen LogP contribution in [0, 0.1) is 5.92 Å². The molecule has 3 rings (SSSR count). The number of amides is 2. The monoisotopic (exact) mass is 380 g/mol.